The number of benzene rings is 1. The minimum Gasteiger partial charge on any atom is -0.272 e. The average molecular weight is 303 g/mol. The van der Waals surface area contributed by atoms with Crippen LogP contribution in [0.2, 0.25) is 0 Å². The Morgan fingerprint density at radius 1 is 1.24 bits per heavy atom. The summed E-state index contributed by atoms with van der Waals surface area (Å²) in [5.41, 5.74) is 0.876. The van der Waals surface area contributed by atoms with Crippen molar-refractivity contribution >= 4 is 27.3 Å². The van der Waals surface area contributed by atoms with Gasteiger partial charge in [0.05, 0.1) is 4.47 Å². The summed E-state index contributed by atoms with van der Waals surface area (Å²) in [5, 5.41) is 19.9. The van der Waals surface area contributed by atoms with Crippen molar-refractivity contribution in [2.45, 2.75) is 0 Å². The molecule has 8 heteroatoms. The van der Waals surface area contributed by atoms with E-state index in [-0.39, 0.29) is 0 Å². The SMILES string of the molecule is N#CC(C#N)=NNc1c(F)cc(F)c(F)c1Br. The van der Waals surface area contributed by atoms with Crippen LogP contribution in [0.25, 0.3) is 0 Å². The predicted molar refractivity (Wildman–Crippen MR) is 56.3 cm³/mol. The Morgan fingerprint density at radius 3 is 2.35 bits per heavy atom. The minimum absolute atomic E-state index is 0.316. The van der Waals surface area contributed by atoms with Gasteiger partial charge in [0.15, 0.2) is 17.5 Å². The highest BCUT2D eigenvalue weighted by atomic mass is 79.9. The molecule has 17 heavy (non-hydrogen) atoms. The first kappa shape index (κ1) is 13.0. The van der Waals surface area contributed by atoms with Crippen molar-refractivity contribution in [1.82, 2.24) is 0 Å². The molecule has 1 N–H and O–H groups in total. The van der Waals surface area contributed by atoms with Gasteiger partial charge in [-0.3, -0.25) is 5.43 Å². The van der Waals surface area contributed by atoms with E-state index in [1.165, 1.54) is 12.1 Å². The highest BCUT2D eigenvalue weighted by Gasteiger charge is 2.16. The largest absolute Gasteiger partial charge is 0.272 e. The van der Waals surface area contributed by atoms with Gasteiger partial charge in [0.25, 0.3) is 0 Å². The molecule has 1 rings (SSSR count). The van der Waals surface area contributed by atoms with Crippen molar-refractivity contribution in [3.05, 3.63) is 28.0 Å². The Kier molecular flexibility index (Phi) is 4.07. The van der Waals surface area contributed by atoms with E-state index in [0.29, 0.717) is 6.07 Å². The number of nitrogens with zero attached hydrogens (tertiary/aromatic N) is 3. The number of hydrazone groups is 1. The van der Waals surface area contributed by atoms with Crippen LogP contribution in [0.1, 0.15) is 0 Å². The van der Waals surface area contributed by atoms with Crippen LogP contribution in [0, 0.1) is 40.1 Å². The normalized spacial score (nSPS) is 9.06. The number of anilines is 1. The summed E-state index contributed by atoms with van der Waals surface area (Å²) in [6.07, 6.45) is 0. The molecule has 0 aliphatic rings. The maximum Gasteiger partial charge on any atom is 0.237 e. The quantitative estimate of drug-likeness (QED) is 0.395. The van der Waals surface area contributed by atoms with Crippen LogP contribution < -0.4 is 5.43 Å². The number of hydrogen-bond donors (Lipinski definition) is 1. The van der Waals surface area contributed by atoms with Gasteiger partial charge in [-0.15, -0.1) is 0 Å². The summed E-state index contributed by atoms with van der Waals surface area (Å²) in [4.78, 5) is 0. The molecular weight excluding hydrogens is 301 g/mol. The lowest BCUT2D eigenvalue weighted by molar-refractivity contribution is 0.491. The van der Waals surface area contributed by atoms with Gasteiger partial charge in [-0.25, -0.2) is 13.2 Å². The van der Waals surface area contributed by atoms with Crippen LogP contribution in [0.15, 0.2) is 15.6 Å². The highest BCUT2D eigenvalue weighted by molar-refractivity contribution is 9.10. The maximum atomic E-state index is 13.2. The first-order chi connectivity index (χ1) is 8.01. The fourth-order valence-electron chi connectivity index (χ4n) is 0.856. The molecule has 1 aromatic carbocycles. The van der Waals surface area contributed by atoms with E-state index >= 15 is 0 Å². The van der Waals surface area contributed by atoms with Gasteiger partial charge in [0.2, 0.25) is 5.71 Å². The van der Waals surface area contributed by atoms with E-state index in [2.05, 4.69) is 21.0 Å². The Bertz CT molecular complexity index is 555. The van der Waals surface area contributed by atoms with Crippen LogP contribution >= 0.6 is 15.9 Å². The summed E-state index contributed by atoms with van der Waals surface area (Å²) in [7, 11) is 0. The number of rotatable bonds is 2. The van der Waals surface area contributed by atoms with Gasteiger partial charge in [-0.2, -0.15) is 15.6 Å². The first-order valence-electron chi connectivity index (χ1n) is 3.98. The lowest BCUT2D eigenvalue weighted by Gasteiger charge is -2.06. The van der Waals surface area contributed by atoms with E-state index in [1.807, 2.05) is 5.43 Å². The summed E-state index contributed by atoms with van der Waals surface area (Å²) < 4.78 is 38.5. The number of nitrogens with one attached hydrogen (secondary N) is 1. The average Bonchev–Trinajstić information content (AvgIpc) is 2.31. The molecule has 0 aromatic heterocycles. The molecule has 0 atom stereocenters. The van der Waals surface area contributed by atoms with Crippen LogP contribution in [-0.4, -0.2) is 5.71 Å². The van der Waals surface area contributed by atoms with E-state index < -0.39 is 33.3 Å². The number of nitriles is 2. The molecule has 0 aliphatic carbocycles. The Hall–Kier alpha value is -2.06. The summed E-state index contributed by atoms with van der Waals surface area (Å²) >= 11 is 2.62. The van der Waals surface area contributed by atoms with Crippen molar-refractivity contribution in [1.29, 1.82) is 10.5 Å². The molecule has 0 amide bonds. The van der Waals surface area contributed by atoms with Crippen molar-refractivity contribution in [3.8, 4) is 12.1 Å². The molecule has 0 spiro atoms. The zero-order valence-electron chi connectivity index (χ0n) is 7.93. The zero-order chi connectivity index (χ0) is 13.0. The third-order valence-electron chi connectivity index (χ3n) is 1.61. The third-order valence-corrected chi connectivity index (χ3v) is 2.35. The molecule has 1 aromatic rings. The van der Waals surface area contributed by atoms with Gasteiger partial charge < -0.3 is 0 Å². The van der Waals surface area contributed by atoms with Crippen LogP contribution in [-0.2, 0) is 0 Å². The minimum atomic E-state index is -1.37. The maximum absolute atomic E-state index is 13.2. The summed E-state index contributed by atoms with van der Waals surface area (Å²) in [6, 6.07) is 3.13. The van der Waals surface area contributed by atoms with E-state index in [9.17, 15) is 13.2 Å². The van der Waals surface area contributed by atoms with Gasteiger partial charge in [0, 0.05) is 6.07 Å². The van der Waals surface area contributed by atoms with E-state index in [1.54, 1.807) is 0 Å². The Labute approximate surface area is 102 Å². The molecule has 0 radical (unpaired) electrons. The first-order valence-corrected chi connectivity index (χ1v) is 4.77. The van der Waals surface area contributed by atoms with Gasteiger partial charge in [0.1, 0.15) is 17.8 Å². The number of hydrogen-bond acceptors (Lipinski definition) is 4. The second-order valence-corrected chi connectivity index (χ2v) is 3.43. The smallest absolute Gasteiger partial charge is 0.237 e. The molecule has 0 bridgehead atoms. The molecule has 0 unspecified atom stereocenters. The van der Waals surface area contributed by atoms with Gasteiger partial charge >= 0.3 is 0 Å². The molecule has 0 saturated heterocycles. The Morgan fingerprint density at radius 2 is 1.82 bits per heavy atom. The van der Waals surface area contributed by atoms with E-state index in [4.69, 9.17) is 10.5 Å². The molecule has 0 fully saturated rings. The van der Waals surface area contributed by atoms with Gasteiger partial charge in [-0.1, -0.05) is 0 Å². The van der Waals surface area contributed by atoms with Crippen LogP contribution in [0.4, 0.5) is 18.9 Å². The summed E-state index contributed by atoms with van der Waals surface area (Å²) in [5.74, 6) is -3.79. The van der Waals surface area contributed by atoms with E-state index in [0.717, 1.165) is 0 Å². The van der Waals surface area contributed by atoms with Crippen molar-refractivity contribution in [2.24, 2.45) is 5.10 Å². The highest BCUT2D eigenvalue weighted by Crippen LogP contribution is 2.30. The standard InChI is InChI=1S/C9H2BrF3N4/c10-7-8(13)5(11)1-6(12)9(7)17-16-4(2-14)3-15/h1,17H. The fourth-order valence-corrected chi connectivity index (χ4v) is 1.32. The monoisotopic (exact) mass is 302 g/mol. The molecular formula is C9H2BrF3N4. The van der Waals surface area contributed by atoms with Crippen LogP contribution in [0.5, 0.6) is 0 Å². The molecule has 4 nitrogen and oxygen atoms in total. The molecule has 0 aliphatic heterocycles. The molecule has 0 saturated carbocycles. The van der Waals surface area contributed by atoms with Crippen molar-refractivity contribution in [2.75, 3.05) is 5.43 Å². The fraction of sp³-hybridized carbons (Fsp3) is 0. The molecule has 86 valence electrons. The topological polar surface area (TPSA) is 72.0 Å². The van der Waals surface area contributed by atoms with Crippen LogP contribution in [0.3, 0.4) is 0 Å². The van der Waals surface area contributed by atoms with Crippen molar-refractivity contribution in [3.63, 3.8) is 0 Å². The van der Waals surface area contributed by atoms with Crippen molar-refractivity contribution < 1.29 is 13.2 Å². The second kappa shape index (κ2) is 5.32. The lowest BCUT2D eigenvalue weighted by Crippen LogP contribution is -2.02. The predicted octanol–water partition coefficient (Wildman–Crippen LogP) is 2.68. The molecule has 0 heterocycles. The Balaban J connectivity index is 3.18. The summed E-state index contributed by atoms with van der Waals surface area (Å²) in [6.45, 7) is 0. The second-order valence-electron chi connectivity index (χ2n) is 2.64. The lowest BCUT2D eigenvalue weighted by atomic mass is 10.3. The number of halogens is 4. The third kappa shape index (κ3) is 2.74. The van der Waals surface area contributed by atoms with Gasteiger partial charge in [-0.05, 0) is 15.9 Å². The zero-order valence-corrected chi connectivity index (χ0v) is 9.52.